The van der Waals surface area contributed by atoms with Crippen LogP contribution >= 0.6 is 11.6 Å². The summed E-state index contributed by atoms with van der Waals surface area (Å²) in [4.78, 5) is 14.7. The zero-order valence-corrected chi connectivity index (χ0v) is 20.1. The van der Waals surface area contributed by atoms with Gasteiger partial charge in [0.25, 0.3) is 5.91 Å². The van der Waals surface area contributed by atoms with E-state index in [1.54, 1.807) is 12.1 Å². The second kappa shape index (κ2) is 10.5. The fourth-order valence-electron chi connectivity index (χ4n) is 3.48. The summed E-state index contributed by atoms with van der Waals surface area (Å²) in [7, 11) is 5.92. The molecule has 34 heavy (non-hydrogen) atoms. The quantitative estimate of drug-likeness (QED) is 0.387. The van der Waals surface area contributed by atoms with Crippen LogP contribution in [0.25, 0.3) is 11.4 Å². The van der Waals surface area contributed by atoms with Crippen molar-refractivity contribution in [2.45, 2.75) is 13.2 Å². The Kier molecular flexibility index (Phi) is 7.25. The second-order valence-electron chi connectivity index (χ2n) is 8.21. The first-order valence-corrected chi connectivity index (χ1v) is 11.2. The summed E-state index contributed by atoms with van der Waals surface area (Å²) >= 11 is 6.00. The van der Waals surface area contributed by atoms with Crippen molar-refractivity contribution in [2.75, 3.05) is 19.4 Å². The lowest BCUT2D eigenvalue weighted by atomic mass is 10.1. The van der Waals surface area contributed by atoms with Crippen molar-refractivity contribution in [2.24, 2.45) is 7.05 Å². The summed E-state index contributed by atoms with van der Waals surface area (Å²) < 4.78 is 7.66. The highest BCUT2D eigenvalue weighted by Gasteiger charge is 2.12. The van der Waals surface area contributed by atoms with E-state index in [0.29, 0.717) is 33.7 Å². The predicted molar refractivity (Wildman–Crippen MR) is 134 cm³/mol. The van der Waals surface area contributed by atoms with Crippen LogP contribution in [0.2, 0.25) is 5.02 Å². The molecule has 0 aliphatic carbocycles. The van der Waals surface area contributed by atoms with E-state index < -0.39 is 0 Å². The van der Waals surface area contributed by atoms with Gasteiger partial charge in [-0.1, -0.05) is 29.8 Å². The van der Waals surface area contributed by atoms with E-state index in [1.165, 1.54) is 0 Å². The number of anilines is 1. The van der Waals surface area contributed by atoms with E-state index in [9.17, 15) is 4.79 Å². The fourth-order valence-corrected chi connectivity index (χ4v) is 3.66. The monoisotopic (exact) mass is 475 g/mol. The van der Waals surface area contributed by atoms with Gasteiger partial charge in [-0.15, -0.1) is 10.2 Å². The van der Waals surface area contributed by atoms with Crippen molar-refractivity contribution in [1.29, 1.82) is 0 Å². The van der Waals surface area contributed by atoms with Gasteiger partial charge in [0.2, 0.25) is 0 Å². The summed E-state index contributed by atoms with van der Waals surface area (Å²) in [5.74, 6) is 1.91. The molecular formula is C26H26ClN5O2. The predicted octanol–water partition coefficient (Wildman–Crippen LogP) is 5.03. The number of benzene rings is 3. The maximum atomic E-state index is 12.6. The third-order valence-electron chi connectivity index (χ3n) is 5.24. The normalized spacial score (nSPS) is 11.0. The summed E-state index contributed by atoms with van der Waals surface area (Å²) in [6, 6.07) is 22.4. The molecule has 0 aliphatic rings. The largest absolute Gasteiger partial charge is 0.486 e. The number of nitrogens with one attached hydrogen (secondary N) is 1. The molecule has 7 nitrogen and oxygen atoms in total. The van der Waals surface area contributed by atoms with Crippen LogP contribution in [0.3, 0.4) is 0 Å². The molecule has 1 heterocycles. The molecule has 1 N–H and O–H groups in total. The molecule has 0 saturated heterocycles. The molecule has 0 bridgehead atoms. The third kappa shape index (κ3) is 5.81. The first-order chi connectivity index (χ1) is 16.4. The molecule has 0 unspecified atom stereocenters. The van der Waals surface area contributed by atoms with Crippen LogP contribution in [0.1, 0.15) is 21.7 Å². The van der Waals surface area contributed by atoms with Gasteiger partial charge in [0.1, 0.15) is 12.4 Å². The SMILES string of the molecule is CN(C)Cc1ccc(C(=O)Nc2ccc(-c3nnc(COc4cccc(Cl)c4)n3C)cc2)cc1. The van der Waals surface area contributed by atoms with Gasteiger partial charge in [0.15, 0.2) is 11.6 Å². The third-order valence-corrected chi connectivity index (χ3v) is 5.48. The van der Waals surface area contributed by atoms with Crippen LogP contribution in [0.4, 0.5) is 5.69 Å². The Morgan fingerprint density at radius 3 is 2.44 bits per heavy atom. The van der Waals surface area contributed by atoms with Gasteiger partial charge >= 0.3 is 0 Å². The van der Waals surface area contributed by atoms with Gasteiger partial charge in [-0.2, -0.15) is 0 Å². The molecular weight excluding hydrogens is 450 g/mol. The van der Waals surface area contributed by atoms with Crippen LogP contribution in [-0.4, -0.2) is 39.7 Å². The minimum absolute atomic E-state index is 0.150. The highest BCUT2D eigenvalue weighted by molar-refractivity contribution is 6.30. The highest BCUT2D eigenvalue weighted by atomic mass is 35.5. The maximum absolute atomic E-state index is 12.6. The number of rotatable bonds is 8. The van der Waals surface area contributed by atoms with Crippen molar-refractivity contribution < 1.29 is 9.53 Å². The van der Waals surface area contributed by atoms with Crippen molar-refractivity contribution in [1.82, 2.24) is 19.7 Å². The molecule has 0 fully saturated rings. The Labute approximate surface area is 204 Å². The van der Waals surface area contributed by atoms with E-state index in [-0.39, 0.29) is 12.5 Å². The van der Waals surface area contributed by atoms with Crippen LogP contribution in [0.5, 0.6) is 5.75 Å². The molecule has 0 spiro atoms. The molecule has 4 aromatic rings. The molecule has 1 amide bonds. The Bertz CT molecular complexity index is 1270. The van der Waals surface area contributed by atoms with Gasteiger partial charge < -0.3 is 19.5 Å². The number of ether oxygens (including phenoxy) is 1. The fraction of sp³-hybridized carbons (Fsp3) is 0.192. The van der Waals surface area contributed by atoms with E-state index in [4.69, 9.17) is 16.3 Å². The molecule has 174 valence electrons. The first-order valence-electron chi connectivity index (χ1n) is 10.8. The van der Waals surface area contributed by atoms with Crippen LogP contribution in [0.15, 0.2) is 72.8 Å². The number of amides is 1. The molecule has 8 heteroatoms. The lowest BCUT2D eigenvalue weighted by Crippen LogP contribution is -2.13. The molecule has 3 aromatic carbocycles. The molecule has 0 saturated carbocycles. The number of aromatic nitrogens is 3. The van der Waals surface area contributed by atoms with Gasteiger partial charge in [0.05, 0.1) is 0 Å². The number of carbonyl (C=O) groups excluding carboxylic acids is 1. The van der Waals surface area contributed by atoms with E-state index in [1.807, 2.05) is 86.4 Å². The minimum Gasteiger partial charge on any atom is -0.486 e. The maximum Gasteiger partial charge on any atom is 0.255 e. The lowest BCUT2D eigenvalue weighted by Gasteiger charge is -2.10. The molecule has 0 radical (unpaired) electrons. The number of hydrogen-bond donors (Lipinski definition) is 1. The standard InChI is InChI=1S/C26H26ClN5O2/c1-31(2)16-18-7-9-20(10-8-18)26(33)28-22-13-11-19(12-14-22)25-30-29-24(32(25)3)17-34-23-6-4-5-21(27)15-23/h4-15H,16-17H2,1-3H3,(H,28,33). The minimum atomic E-state index is -0.150. The Hall–Kier alpha value is -3.68. The first kappa shape index (κ1) is 23.5. The molecule has 4 rings (SSSR count). The van der Waals surface area contributed by atoms with Gasteiger partial charge in [-0.25, -0.2) is 0 Å². The summed E-state index contributed by atoms with van der Waals surface area (Å²) in [5.41, 5.74) is 3.36. The van der Waals surface area contributed by atoms with Crippen LogP contribution in [0, 0.1) is 0 Å². The lowest BCUT2D eigenvalue weighted by molar-refractivity contribution is 0.102. The van der Waals surface area contributed by atoms with Crippen molar-refractivity contribution >= 4 is 23.2 Å². The number of carbonyl (C=O) groups is 1. The zero-order chi connectivity index (χ0) is 24.1. The average molecular weight is 476 g/mol. The Balaban J connectivity index is 1.39. The highest BCUT2D eigenvalue weighted by Crippen LogP contribution is 2.22. The van der Waals surface area contributed by atoms with Crippen molar-refractivity contribution in [3.8, 4) is 17.1 Å². The van der Waals surface area contributed by atoms with Crippen molar-refractivity contribution in [3.63, 3.8) is 0 Å². The second-order valence-corrected chi connectivity index (χ2v) is 8.65. The number of halogens is 1. The van der Waals surface area contributed by atoms with E-state index >= 15 is 0 Å². The average Bonchev–Trinajstić information content (AvgIpc) is 3.18. The van der Waals surface area contributed by atoms with Crippen molar-refractivity contribution in [3.05, 3.63) is 94.8 Å². The Morgan fingerprint density at radius 2 is 1.76 bits per heavy atom. The van der Waals surface area contributed by atoms with E-state index in [2.05, 4.69) is 20.4 Å². The van der Waals surface area contributed by atoms with Gasteiger partial charge in [-0.3, -0.25) is 4.79 Å². The number of nitrogens with zero attached hydrogens (tertiary/aromatic N) is 4. The zero-order valence-electron chi connectivity index (χ0n) is 19.3. The summed E-state index contributed by atoms with van der Waals surface area (Å²) in [6.45, 7) is 1.10. The molecule has 0 atom stereocenters. The molecule has 0 aliphatic heterocycles. The van der Waals surface area contributed by atoms with Gasteiger partial charge in [-0.05, 0) is 74.3 Å². The van der Waals surface area contributed by atoms with Crippen LogP contribution < -0.4 is 10.1 Å². The topological polar surface area (TPSA) is 72.3 Å². The smallest absolute Gasteiger partial charge is 0.255 e. The van der Waals surface area contributed by atoms with E-state index in [0.717, 1.165) is 17.7 Å². The van der Waals surface area contributed by atoms with Gasteiger partial charge in [0, 0.05) is 35.4 Å². The number of hydrogen-bond acceptors (Lipinski definition) is 5. The Morgan fingerprint density at radius 1 is 1.03 bits per heavy atom. The van der Waals surface area contributed by atoms with Crippen LogP contribution in [-0.2, 0) is 20.2 Å². The summed E-state index contributed by atoms with van der Waals surface area (Å²) in [6.07, 6.45) is 0. The summed E-state index contributed by atoms with van der Waals surface area (Å²) in [5, 5.41) is 12.1. The molecule has 1 aromatic heterocycles.